The molecule has 0 saturated carbocycles. The predicted octanol–water partition coefficient (Wildman–Crippen LogP) is 2.79. The highest BCUT2D eigenvalue weighted by atomic mass is 79.9. The Kier molecular flexibility index (Phi) is 6.19. The molecule has 0 amide bonds. The number of halogens is 2. The van der Waals surface area contributed by atoms with E-state index in [1.165, 1.54) is 22.5 Å². The highest BCUT2D eigenvalue weighted by Crippen LogP contribution is 2.27. The van der Waals surface area contributed by atoms with E-state index in [2.05, 4.69) is 15.9 Å². The molecule has 0 heterocycles. The lowest BCUT2D eigenvalue weighted by Gasteiger charge is -2.21. The van der Waals surface area contributed by atoms with E-state index < -0.39 is 10.0 Å². The first-order valence-corrected chi connectivity index (χ1v) is 8.54. The Balaban J connectivity index is 3.18. The van der Waals surface area contributed by atoms with Gasteiger partial charge >= 0.3 is 0 Å². The Morgan fingerprint density at radius 3 is 2.63 bits per heavy atom. The molecule has 19 heavy (non-hydrogen) atoms. The van der Waals surface area contributed by atoms with Crippen LogP contribution in [0.2, 0.25) is 5.02 Å². The van der Waals surface area contributed by atoms with Gasteiger partial charge in [-0.3, -0.25) is 0 Å². The fourth-order valence-electron chi connectivity index (χ4n) is 1.49. The van der Waals surface area contributed by atoms with Gasteiger partial charge in [-0.15, -0.1) is 0 Å². The maximum absolute atomic E-state index is 12.5. The Morgan fingerprint density at radius 2 is 2.16 bits per heavy atom. The molecular formula is C11H14BrClN2O2S2. The molecule has 0 aliphatic rings. The van der Waals surface area contributed by atoms with Gasteiger partial charge in [-0.2, -0.15) is 4.31 Å². The number of hydrogen-bond acceptors (Lipinski definition) is 3. The van der Waals surface area contributed by atoms with E-state index in [-0.39, 0.29) is 16.4 Å². The molecule has 0 atom stereocenters. The second kappa shape index (κ2) is 6.99. The molecule has 0 unspecified atom stereocenters. The summed E-state index contributed by atoms with van der Waals surface area (Å²) in [6, 6.07) is 4.47. The first-order chi connectivity index (χ1) is 8.78. The zero-order valence-electron chi connectivity index (χ0n) is 10.3. The molecule has 106 valence electrons. The van der Waals surface area contributed by atoms with E-state index in [0.717, 1.165) is 0 Å². The number of thiocarbonyl (C=S) groups is 1. The fourth-order valence-corrected chi connectivity index (χ4v) is 3.92. The first kappa shape index (κ1) is 16.8. The van der Waals surface area contributed by atoms with E-state index in [0.29, 0.717) is 22.5 Å². The van der Waals surface area contributed by atoms with Gasteiger partial charge in [0.1, 0.15) is 0 Å². The highest BCUT2D eigenvalue weighted by Gasteiger charge is 2.24. The van der Waals surface area contributed by atoms with E-state index in [1.54, 1.807) is 0 Å². The van der Waals surface area contributed by atoms with E-state index in [4.69, 9.17) is 29.6 Å². The van der Waals surface area contributed by atoms with Crippen molar-refractivity contribution in [3.05, 3.63) is 27.7 Å². The molecule has 0 spiro atoms. The minimum atomic E-state index is -3.62. The zero-order valence-corrected chi connectivity index (χ0v) is 14.2. The maximum atomic E-state index is 12.5. The van der Waals surface area contributed by atoms with Gasteiger partial charge in [0, 0.05) is 11.0 Å². The largest absolute Gasteiger partial charge is 0.392 e. The van der Waals surface area contributed by atoms with Gasteiger partial charge in [0.05, 0.1) is 21.5 Å². The van der Waals surface area contributed by atoms with Gasteiger partial charge in [-0.1, -0.05) is 30.7 Å². The molecule has 0 bridgehead atoms. The molecule has 1 rings (SSSR count). The van der Waals surface area contributed by atoms with Gasteiger partial charge in [-0.05, 0) is 40.5 Å². The standard InChI is InChI=1S/C11H14BrClN2O2S2/c1-2-5-15(7-11(14)18)19(16,17)8-3-4-10(13)9(12)6-8/h3-4,6H,2,5,7H2,1H3,(H2,14,18). The molecule has 1 aromatic rings. The van der Waals surface area contributed by atoms with Crippen molar-refractivity contribution in [1.29, 1.82) is 0 Å². The van der Waals surface area contributed by atoms with Crippen LogP contribution in [0.3, 0.4) is 0 Å². The maximum Gasteiger partial charge on any atom is 0.243 e. The summed E-state index contributed by atoms with van der Waals surface area (Å²) in [5, 5.41) is 0.454. The molecule has 4 nitrogen and oxygen atoms in total. The molecule has 0 fully saturated rings. The van der Waals surface area contributed by atoms with Gasteiger partial charge in [-0.25, -0.2) is 8.42 Å². The zero-order chi connectivity index (χ0) is 14.6. The Bertz CT molecular complexity index is 578. The summed E-state index contributed by atoms with van der Waals surface area (Å²) in [6.45, 7) is 2.28. The van der Waals surface area contributed by atoms with Crippen LogP contribution in [0.5, 0.6) is 0 Å². The molecule has 0 saturated heterocycles. The lowest BCUT2D eigenvalue weighted by molar-refractivity contribution is 0.449. The molecule has 2 N–H and O–H groups in total. The van der Waals surface area contributed by atoms with Crippen molar-refractivity contribution in [2.45, 2.75) is 18.2 Å². The average molecular weight is 386 g/mol. The Labute approximate surface area is 132 Å². The van der Waals surface area contributed by atoms with Crippen molar-refractivity contribution < 1.29 is 8.42 Å². The number of rotatable bonds is 6. The molecule has 0 aliphatic heterocycles. The van der Waals surface area contributed by atoms with Crippen LogP contribution in [0.4, 0.5) is 0 Å². The van der Waals surface area contributed by atoms with E-state index in [9.17, 15) is 8.42 Å². The third-order valence-electron chi connectivity index (χ3n) is 2.33. The normalized spacial score (nSPS) is 11.8. The van der Waals surface area contributed by atoms with Crippen molar-refractivity contribution in [3.63, 3.8) is 0 Å². The summed E-state index contributed by atoms with van der Waals surface area (Å²) in [4.78, 5) is 0.304. The molecule has 8 heteroatoms. The quantitative estimate of drug-likeness (QED) is 0.765. The number of nitrogens with two attached hydrogens (primary N) is 1. The minimum absolute atomic E-state index is 0.0335. The van der Waals surface area contributed by atoms with Crippen LogP contribution in [0.1, 0.15) is 13.3 Å². The SMILES string of the molecule is CCCN(CC(N)=S)S(=O)(=O)c1ccc(Cl)c(Br)c1. The molecule has 1 aromatic carbocycles. The van der Waals surface area contributed by atoms with Crippen LogP contribution >= 0.6 is 39.7 Å². The molecular weight excluding hydrogens is 372 g/mol. The lowest BCUT2D eigenvalue weighted by atomic mass is 10.4. The number of nitrogens with zero attached hydrogens (tertiary/aromatic N) is 1. The second-order valence-corrected chi connectivity index (χ2v) is 7.60. The van der Waals surface area contributed by atoms with Crippen LogP contribution in [-0.2, 0) is 10.0 Å². The number of benzene rings is 1. The molecule has 0 aliphatic carbocycles. The molecule has 0 aromatic heterocycles. The fraction of sp³-hybridized carbons (Fsp3) is 0.364. The van der Waals surface area contributed by atoms with Crippen LogP contribution in [0.25, 0.3) is 0 Å². The van der Waals surface area contributed by atoms with Gasteiger partial charge in [0.25, 0.3) is 0 Å². The highest BCUT2D eigenvalue weighted by molar-refractivity contribution is 9.10. The smallest absolute Gasteiger partial charge is 0.243 e. The van der Waals surface area contributed by atoms with Crippen molar-refractivity contribution in [2.75, 3.05) is 13.1 Å². The summed E-state index contributed by atoms with van der Waals surface area (Å²) in [5.74, 6) is 0. The van der Waals surface area contributed by atoms with Crippen LogP contribution in [0, 0.1) is 0 Å². The summed E-state index contributed by atoms with van der Waals surface area (Å²) in [7, 11) is -3.62. The topological polar surface area (TPSA) is 63.4 Å². The van der Waals surface area contributed by atoms with Gasteiger partial charge in [0.15, 0.2) is 0 Å². The summed E-state index contributed by atoms with van der Waals surface area (Å²) in [5.41, 5.74) is 5.45. The average Bonchev–Trinajstić information content (AvgIpc) is 2.31. The predicted molar refractivity (Wildman–Crippen MR) is 85.0 cm³/mol. The summed E-state index contributed by atoms with van der Waals surface area (Å²) in [6.07, 6.45) is 0.677. The van der Waals surface area contributed by atoms with E-state index in [1.807, 2.05) is 6.92 Å². The number of hydrogen-bond donors (Lipinski definition) is 1. The van der Waals surface area contributed by atoms with Crippen molar-refractivity contribution in [1.82, 2.24) is 4.31 Å². The van der Waals surface area contributed by atoms with E-state index >= 15 is 0 Å². The van der Waals surface area contributed by atoms with Crippen LogP contribution in [0.15, 0.2) is 27.6 Å². The number of sulfonamides is 1. The van der Waals surface area contributed by atoms with Crippen molar-refractivity contribution in [3.8, 4) is 0 Å². The second-order valence-electron chi connectivity index (χ2n) is 3.88. The van der Waals surface area contributed by atoms with Crippen molar-refractivity contribution in [2.24, 2.45) is 5.73 Å². The lowest BCUT2D eigenvalue weighted by Crippen LogP contribution is -2.38. The van der Waals surface area contributed by atoms with Gasteiger partial charge < -0.3 is 5.73 Å². The summed E-state index contributed by atoms with van der Waals surface area (Å²) < 4.78 is 26.7. The third kappa shape index (κ3) is 4.39. The molecule has 0 radical (unpaired) electrons. The monoisotopic (exact) mass is 384 g/mol. The van der Waals surface area contributed by atoms with Crippen LogP contribution in [-0.4, -0.2) is 30.8 Å². The Hall–Kier alpha value is -0.210. The first-order valence-electron chi connectivity index (χ1n) is 5.52. The minimum Gasteiger partial charge on any atom is -0.392 e. The third-order valence-corrected chi connectivity index (χ3v) is 5.52. The van der Waals surface area contributed by atoms with Crippen molar-refractivity contribution >= 4 is 54.8 Å². The Morgan fingerprint density at radius 1 is 1.53 bits per heavy atom. The van der Waals surface area contributed by atoms with Gasteiger partial charge in [0.2, 0.25) is 10.0 Å². The van der Waals surface area contributed by atoms with Crippen LogP contribution < -0.4 is 5.73 Å². The summed E-state index contributed by atoms with van der Waals surface area (Å²) >= 11 is 13.9.